The molecule has 1 saturated heterocycles. The second kappa shape index (κ2) is 5.54. The van der Waals surface area contributed by atoms with Crippen LogP contribution in [0.5, 0.6) is 0 Å². The smallest absolute Gasteiger partial charge is 0.223 e. The number of H-pyrrole nitrogens is 1. The molecular formula is C14H23N3O3. The molecule has 2 N–H and O–H groups in total. The van der Waals surface area contributed by atoms with Crippen LogP contribution in [0.15, 0.2) is 12.4 Å². The molecule has 0 saturated carbocycles. The Morgan fingerprint density at radius 3 is 2.90 bits per heavy atom. The highest BCUT2D eigenvalue weighted by atomic mass is 16.6. The summed E-state index contributed by atoms with van der Waals surface area (Å²) < 4.78 is 11.3. The number of aromatic nitrogens is 2. The second-order valence-corrected chi connectivity index (χ2v) is 6.13. The molecule has 112 valence electrons. The lowest BCUT2D eigenvalue weighted by Gasteiger charge is -2.38. The maximum Gasteiger partial charge on any atom is 0.223 e. The molecule has 1 aromatic rings. The van der Waals surface area contributed by atoms with E-state index in [4.69, 9.17) is 9.47 Å². The quantitative estimate of drug-likeness (QED) is 0.873. The molecule has 0 aliphatic carbocycles. The predicted octanol–water partition coefficient (Wildman–Crippen LogP) is 1.35. The number of ether oxygens (including phenoxy) is 2. The number of hydrogen-bond acceptors (Lipinski definition) is 4. The van der Waals surface area contributed by atoms with E-state index in [2.05, 4.69) is 15.3 Å². The molecule has 0 bridgehead atoms. The molecule has 6 heteroatoms. The van der Waals surface area contributed by atoms with Gasteiger partial charge in [0.25, 0.3) is 0 Å². The van der Waals surface area contributed by atoms with Crippen LogP contribution in [0.2, 0.25) is 0 Å². The van der Waals surface area contributed by atoms with Crippen molar-refractivity contribution in [3.05, 3.63) is 18.2 Å². The van der Waals surface area contributed by atoms with Crippen molar-refractivity contribution in [2.24, 2.45) is 0 Å². The summed E-state index contributed by atoms with van der Waals surface area (Å²) in [5.74, 6) is 0.654. The summed E-state index contributed by atoms with van der Waals surface area (Å²) in [4.78, 5) is 19.4. The first-order chi connectivity index (χ1) is 9.31. The van der Waals surface area contributed by atoms with Crippen LogP contribution < -0.4 is 5.32 Å². The number of nitrogens with zero attached hydrogens (tertiary/aromatic N) is 1. The number of carbonyl (C=O) groups excluding carboxylic acids is 1. The normalized spacial score (nSPS) is 22.5. The number of aromatic amines is 1. The summed E-state index contributed by atoms with van der Waals surface area (Å²) in [7, 11) is 0. The van der Waals surface area contributed by atoms with Crippen molar-refractivity contribution in [2.75, 3.05) is 13.2 Å². The number of rotatable bonds is 4. The molecule has 1 aliphatic heterocycles. The Morgan fingerprint density at radius 1 is 1.55 bits per heavy atom. The molecule has 2 heterocycles. The van der Waals surface area contributed by atoms with Gasteiger partial charge in [-0.15, -0.1) is 0 Å². The van der Waals surface area contributed by atoms with E-state index < -0.39 is 11.1 Å². The highest BCUT2D eigenvalue weighted by molar-refractivity contribution is 5.77. The summed E-state index contributed by atoms with van der Waals surface area (Å²) in [6.07, 6.45) is 3.45. The van der Waals surface area contributed by atoms with E-state index >= 15 is 0 Å². The minimum atomic E-state index is -0.541. The van der Waals surface area contributed by atoms with E-state index in [1.54, 1.807) is 12.4 Å². The van der Waals surface area contributed by atoms with E-state index in [1.807, 2.05) is 27.7 Å². The lowest BCUT2D eigenvalue weighted by molar-refractivity contribution is -0.190. The van der Waals surface area contributed by atoms with E-state index in [0.717, 1.165) is 5.82 Å². The average molecular weight is 281 g/mol. The molecule has 20 heavy (non-hydrogen) atoms. The fourth-order valence-electron chi connectivity index (χ4n) is 2.33. The van der Waals surface area contributed by atoms with Crippen LogP contribution >= 0.6 is 0 Å². The van der Waals surface area contributed by atoms with Gasteiger partial charge in [0.05, 0.1) is 36.9 Å². The van der Waals surface area contributed by atoms with Gasteiger partial charge in [-0.25, -0.2) is 4.98 Å². The summed E-state index contributed by atoms with van der Waals surface area (Å²) in [6.45, 7) is 8.82. The fourth-order valence-corrected chi connectivity index (χ4v) is 2.33. The summed E-state index contributed by atoms with van der Waals surface area (Å²) in [6, 6.07) is 0. The molecule has 1 amide bonds. The summed E-state index contributed by atoms with van der Waals surface area (Å²) >= 11 is 0. The SMILES string of the molecule is CC(C)(NC(=O)CC1OCCOC1(C)C)c1ncc[nH]1. The third-order valence-electron chi connectivity index (χ3n) is 3.56. The predicted molar refractivity (Wildman–Crippen MR) is 74.1 cm³/mol. The molecule has 2 rings (SSSR count). The lowest BCUT2D eigenvalue weighted by atomic mass is 9.96. The Bertz CT molecular complexity index is 454. The Labute approximate surface area is 119 Å². The van der Waals surface area contributed by atoms with Gasteiger partial charge in [-0.1, -0.05) is 0 Å². The summed E-state index contributed by atoms with van der Waals surface area (Å²) in [5.41, 5.74) is -0.981. The van der Waals surface area contributed by atoms with E-state index in [0.29, 0.717) is 13.2 Å². The van der Waals surface area contributed by atoms with Crippen LogP contribution in [0.1, 0.15) is 39.9 Å². The number of hydrogen-bond donors (Lipinski definition) is 2. The van der Waals surface area contributed by atoms with E-state index in [9.17, 15) is 4.79 Å². The average Bonchev–Trinajstić information content (AvgIpc) is 2.85. The van der Waals surface area contributed by atoms with Gasteiger partial charge in [0.15, 0.2) is 0 Å². The van der Waals surface area contributed by atoms with Crippen molar-refractivity contribution in [1.29, 1.82) is 0 Å². The van der Waals surface area contributed by atoms with Crippen LogP contribution in [0.25, 0.3) is 0 Å². The number of imidazole rings is 1. The van der Waals surface area contributed by atoms with Crippen LogP contribution in [0, 0.1) is 0 Å². The molecule has 1 fully saturated rings. The van der Waals surface area contributed by atoms with Gasteiger partial charge in [0, 0.05) is 12.4 Å². The van der Waals surface area contributed by atoms with Gasteiger partial charge in [-0.05, 0) is 27.7 Å². The van der Waals surface area contributed by atoms with E-state index in [1.165, 1.54) is 0 Å². The molecule has 1 unspecified atom stereocenters. The van der Waals surface area contributed by atoms with Crippen molar-refractivity contribution in [3.8, 4) is 0 Å². The first kappa shape index (κ1) is 15.0. The van der Waals surface area contributed by atoms with Crippen LogP contribution in [-0.4, -0.2) is 40.8 Å². The number of carbonyl (C=O) groups is 1. The van der Waals surface area contributed by atoms with Crippen LogP contribution in [-0.2, 0) is 19.8 Å². The Balaban J connectivity index is 1.95. The first-order valence-electron chi connectivity index (χ1n) is 6.88. The molecule has 1 atom stereocenters. The fraction of sp³-hybridized carbons (Fsp3) is 0.714. The zero-order valence-electron chi connectivity index (χ0n) is 12.5. The van der Waals surface area contributed by atoms with Gasteiger partial charge >= 0.3 is 0 Å². The topological polar surface area (TPSA) is 76.2 Å². The highest BCUT2D eigenvalue weighted by Gasteiger charge is 2.37. The largest absolute Gasteiger partial charge is 0.372 e. The van der Waals surface area contributed by atoms with Gasteiger partial charge in [-0.3, -0.25) is 4.79 Å². The molecule has 0 aromatic carbocycles. The van der Waals surface area contributed by atoms with Gasteiger partial charge in [0.2, 0.25) is 5.91 Å². The molecule has 1 aromatic heterocycles. The van der Waals surface area contributed by atoms with E-state index in [-0.39, 0.29) is 18.4 Å². The Kier molecular flexibility index (Phi) is 4.15. The zero-order valence-corrected chi connectivity index (χ0v) is 12.5. The van der Waals surface area contributed by atoms with Crippen molar-refractivity contribution in [2.45, 2.75) is 51.4 Å². The number of amides is 1. The Morgan fingerprint density at radius 2 is 2.30 bits per heavy atom. The third kappa shape index (κ3) is 3.37. The molecule has 0 radical (unpaired) electrons. The first-order valence-corrected chi connectivity index (χ1v) is 6.88. The van der Waals surface area contributed by atoms with Crippen molar-refractivity contribution < 1.29 is 14.3 Å². The minimum Gasteiger partial charge on any atom is -0.372 e. The molecule has 0 spiro atoms. The van der Waals surface area contributed by atoms with Crippen molar-refractivity contribution >= 4 is 5.91 Å². The van der Waals surface area contributed by atoms with Crippen LogP contribution in [0.3, 0.4) is 0 Å². The van der Waals surface area contributed by atoms with Crippen molar-refractivity contribution in [3.63, 3.8) is 0 Å². The third-order valence-corrected chi connectivity index (χ3v) is 3.56. The van der Waals surface area contributed by atoms with Crippen LogP contribution in [0.4, 0.5) is 0 Å². The maximum atomic E-state index is 12.2. The zero-order chi connectivity index (χ0) is 14.8. The standard InChI is InChI=1S/C14H23N3O3/c1-13(2,12-15-5-6-16-12)17-11(18)9-10-14(3,4)20-8-7-19-10/h5-6,10H,7-9H2,1-4H3,(H,15,16)(H,17,18). The molecular weight excluding hydrogens is 258 g/mol. The molecule has 6 nitrogen and oxygen atoms in total. The molecule has 1 aliphatic rings. The second-order valence-electron chi connectivity index (χ2n) is 6.13. The maximum absolute atomic E-state index is 12.2. The number of nitrogens with one attached hydrogen (secondary N) is 2. The van der Waals surface area contributed by atoms with Gasteiger partial charge in [-0.2, -0.15) is 0 Å². The van der Waals surface area contributed by atoms with Gasteiger partial charge in [0.1, 0.15) is 5.82 Å². The van der Waals surface area contributed by atoms with Gasteiger partial charge < -0.3 is 19.8 Å². The minimum absolute atomic E-state index is 0.0741. The highest BCUT2D eigenvalue weighted by Crippen LogP contribution is 2.25. The Hall–Kier alpha value is -1.40. The lowest BCUT2D eigenvalue weighted by Crippen LogP contribution is -2.50. The summed E-state index contributed by atoms with van der Waals surface area (Å²) in [5, 5.41) is 2.98. The monoisotopic (exact) mass is 281 g/mol. The van der Waals surface area contributed by atoms with Crippen molar-refractivity contribution in [1.82, 2.24) is 15.3 Å².